The number of Topliss-reactive ketones (excluding diaryl/α,β-unsaturated/α-hetero) is 1. The highest BCUT2D eigenvalue weighted by molar-refractivity contribution is 8.14. The van der Waals surface area contributed by atoms with Crippen LogP contribution in [0.2, 0.25) is 0 Å². The van der Waals surface area contributed by atoms with E-state index in [1.165, 1.54) is 17.4 Å². The average Bonchev–Trinajstić information content (AvgIpc) is 3.08. The number of thioether (sulfide) groups is 1. The molecule has 1 aliphatic heterocycles. The molecule has 7 heteroatoms. The number of hydrogen-bond acceptors (Lipinski definition) is 6. The quantitative estimate of drug-likeness (QED) is 0.489. The molecule has 1 aliphatic rings. The number of anilines is 1. The van der Waals surface area contributed by atoms with E-state index in [1.807, 2.05) is 61.5 Å². The molecule has 0 spiro atoms. The van der Waals surface area contributed by atoms with Crippen LogP contribution in [0.25, 0.3) is 6.08 Å². The van der Waals surface area contributed by atoms with Crippen LogP contribution < -0.4 is 10.6 Å². The molecule has 0 unspecified atom stereocenters. The van der Waals surface area contributed by atoms with Crippen LogP contribution in [0, 0.1) is 18.3 Å². The van der Waals surface area contributed by atoms with Crippen molar-refractivity contribution >= 4 is 40.4 Å². The summed E-state index contributed by atoms with van der Waals surface area (Å²) in [6.45, 7) is 7.74. The summed E-state index contributed by atoms with van der Waals surface area (Å²) in [7, 11) is 0. The molecule has 3 rings (SSSR count). The second-order valence-corrected chi connectivity index (χ2v) is 9.05. The monoisotopic (exact) mass is 458 g/mol. The molecule has 0 radical (unpaired) electrons. The van der Waals surface area contributed by atoms with E-state index in [4.69, 9.17) is 5.73 Å². The predicted octanol–water partition coefficient (Wildman–Crippen LogP) is 4.92. The molecule has 0 fully saturated rings. The molecule has 0 saturated carbocycles. The Bertz CT molecular complexity index is 1200. The third kappa shape index (κ3) is 5.60. The Labute approximate surface area is 198 Å². The second kappa shape index (κ2) is 10.3. The first-order valence-electron chi connectivity index (χ1n) is 10.5. The lowest BCUT2D eigenvalue weighted by Gasteiger charge is -2.17. The van der Waals surface area contributed by atoms with E-state index in [0.717, 1.165) is 22.9 Å². The van der Waals surface area contributed by atoms with Crippen molar-refractivity contribution in [2.45, 2.75) is 33.6 Å². The maximum Gasteiger partial charge on any atom is 0.283 e. The summed E-state index contributed by atoms with van der Waals surface area (Å²) < 4.78 is 0. The molecule has 6 nitrogen and oxygen atoms in total. The van der Waals surface area contributed by atoms with Crippen molar-refractivity contribution in [2.75, 3.05) is 10.7 Å². The number of aliphatic imine (C=N–C) groups is 1. The standard InChI is InChI=1S/C26H26N4O2S/c1-16(2)20-9-7-19(8-10-20)13-23-25(32)30(21-11-5-17(3)6-12-21)26(29-23)33-15-24(31)22(14-27)18(4)28/h5-13,16H,15,28H2,1-4H3/b22-18-,23-13+. The molecule has 0 aromatic heterocycles. The van der Waals surface area contributed by atoms with E-state index >= 15 is 0 Å². The summed E-state index contributed by atoms with van der Waals surface area (Å²) in [5.74, 6) is -0.307. The molecule has 1 heterocycles. The van der Waals surface area contributed by atoms with Gasteiger partial charge in [-0.2, -0.15) is 5.26 Å². The highest BCUT2D eigenvalue weighted by Crippen LogP contribution is 2.30. The highest BCUT2D eigenvalue weighted by atomic mass is 32.2. The van der Waals surface area contributed by atoms with Gasteiger partial charge in [0.25, 0.3) is 5.91 Å². The van der Waals surface area contributed by atoms with Crippen molar-refractivity contribution < 1.29 is 9.59 Å². The number of ketones is 1. The zero-order chi connectivity index (χ0) is 24.1. The Balaban J connectivity index is 1.93. The Hall–Kier alpha value is -3.63. The van der Waals surface area contributed by atoms with Gasteiger partial charge in [0.2, 0.25) is 0 Å². The zero-order valence-corrected chi connectivity index (χ0v) is 19.9. The van der Waals surface area contributed by atoms with Crippen LogP contribution in [0.15, 0.2) is 70.5 Å². The Kier molecular flexibility index (Phi) is 7.52. The zero-order valence-electron chi connectivity index (χ0n) is 19.1. The molecular weight excluding hydrogens is 432 g/mol. The van der Waals surface area contributed by atoms with Crippen LogP contribution in [0.1, 0.15) is 43.4 Å². The molecule has 2 aromatic rings. The van der Waals surface area contributed by atoms with Gasteiger partial charge in [0.15, 0.2) is 11.0 Å². The summed E-state index contributed by atoms with van der Waals surface area (Å²) in [6, 6.07) is 17.4. The second-order valence-electron chi connectivity index (χ2n) is 8.10. The van der Waals surface area contributed by atoms with Gasteiger partial charge in [-0.3, -0.25) is 14.5 Å². The van der Waals surface area contributed by atoms with Crippen molar-refractivity contribution in [1.29, 1.82) is 5.26 Å². The van der Waals surface area contributed by atoms with E-state index in [1.54, 1.807) is 6.08 Å². The summed E-state index contributed by atoms with van der Waals surface area (Å²) in [5, 5.41) is 9.58. The molecule has 1 amide bonds. The number of rotatable bonds is 6. The van der Waals surface area contributed by atoms with E-state index in [9.17, 15) is 14.9 Å². The lowest BCUT2D eigenvalue weighted by atomic mass is 10.0. The predicted molar refractivity (Wildman–Crippen MR) is 135 cm³/mol. The number of carbonyl (C=O) groups excluding carboxylic acids is 2. The highest BCUT2D eigenvalue weighted by Gasteiger charge is 2.32. The Morgan fingerprint density at radius 2 is 1.82 bits per heavy atom. The fraction of sp³-hybridized carbons (Fsp3) is 0.231. The lowest BCUT2D eigenvalue weighted by Crippen LogP contribution is -2.31. The van der Waals surface area contributed by atoms with Gasteiger partial charge in [0.1, 0.15) is 17.3 Å². The van der Waals surface area contributed by atoms with Crippen molar-refractivity contribution in [3.8, 4) is 6.07 Å². The van der Waals surface area contributed by atoms with Gasteiger partial charge in [-0.05, 0) is 49.1 Å². The van der Waals surface area contributed by atoms with Gasteiger partial charge in [-0.15, -0.1) is 0 Å². The smallest absolute Gasteiger partial charge is 0.283 e. The van der Waals surface area contributed by atoms with Crippen LogP contribution in [-0.2, 0) is 9.59 Å². The number of nitriles is 1. The third-order valence-corrected chi connectivity index (χ3v) is 6.08. The minimum absolute atomic E-state index is 0.0533. The number of carbonyl (C=O) groups is 2. The summed E-state index contributed by atoms with van der Waals surface area (Å²) in [6.07, 6.45) is 1.74. The molecule has 33 heavy (non-hydrogen) atoms. The van der Waals surface area contributed by atoms with Crippen LogP contribution in [0.4, 0.5) is 5.69 Å². The van der Waals surface area contributed by atoms with E-state index in [2.05, 4.69) is 18.8 Å². The Morgan fingerprint density at radius 3 is 2.36 bits per heavy atom. The molecular formula is C26H26N4O2S. The number of allylic oxidation sites excluding steroid dienone is 2. The molecule has 2 aromatic carbocycles. The van der Waals surface area contributed by atoms with Crippen LogP contribution in [0.5, 0.6) is 0 Å². The first-order valence-corrected chi connectivity index (χ1v) is 11.5. The van der Waals surface area contributed by atoms with Crippen LogP contribution >= 0.6 is 11.8 Å². The number of aryl methyl sites for hydroxylation is 1. The van der Waals surface area contributed by atoms with Crippen LogP contribution in [-0.4, -0.2) is 22.6 Å². The maximum atomic E-state index is 13.3. The number of benzene rings is 2. The SMILES string of the molecule is C/C(N)=C(\C#N)C(=O)CSC1=N/C(=C/c2ccc(C(C)C)cc2)C(=O)N1c1ccc(C)cc1. The van der Waals surface area contributed by atoms with E-state index in [0.29, 0.717) is 16.8 Å². The third-order valence-electron chi connectivity index (χ3n) is 5.15. The van der Waals surface area contributed by atoms with Gasteiger partial charge in [0.05, 0.1) is 11.4 Å². The van der Waals surface area contributed by atoms with Gasteiger partial charge in [-0.25, -0.2) is 4.99 Å². The molecule has 2 N–H and O–H groups in total. The topological polar surface area (TPSA) is 99.5 Å². The summed E-state index contributed by atoms with van der Waals surface area (Å²) in [4.78, 5) is 31.8. The molecule has 0 aliphatic carbocycles. The normalized spacial score (nSPS) is 15.5. The van der Waals surface area contributed by atoms with Crippen molar-refractivity contribution in [3.63, 3.8) is 0 Å². The van der Waals surface area contributed by atoms with Gasteiger partial charge < -0.3 is 5.73 Å². The number of nitrogens with zero attached hydrogens (tertiary/aromatic N) is 3. The van der Waals surface area contributed by atoms with Crippen molar-refractivity contribution in [2.24, 2.45) is 10.7 Å². The van der Waals surface area contributed by atoms with Crippen LogP contribution in [0.3, 0.4) is 0 Å². The number of nitrogens with two attached hydrogens (primary N) is 1. The lowest BCUT2D eigenvalue weighted by molar-refractivity contribution is -0.114. The average molecular weight is 459 g/mol. The first kappa shape index (κ1) is 24.0. The Morgan fingerprint density at radius 1 is 1.18 bits per heavy atom. The summed E-state index contributed by atoms with van der Waals surface area (Å²) in [5.41, 5.74) is 9.84. The first-order chi connectivity index (χ1) is 15.7. The number of amidine groups is 1. The minimum atomic E-state index is -0.400. The molecule has 0 bridgehead atoms. The molecule has 168 valence electrons. The number of amides is 1. The van der Waals surface area contributed by atoms with E-state index < -0.39 is 5.78 Å². The maximum absolute atomic E-state index is 13.3. The van der Waals surface area contributed by atoms with Crippen molar-refractivity contribution in [3.05, 3.63) is 82.2 Å². The molecule has 0 atom stereocenters. The fourth-order valence-electron chi connectivity index (χ4n) is 3.22. The van der Waals surface area contributed by atoms with Gasteiger partial charge in [-0.1, -0.05) is 67.6 Å². The largest absolute Gasteiger partial charge is 0.401 e. The molecule has 0 saturated heterocycles. The van der Waals surface area contributed by atoms with Crippen molar-refractivity contribution in [1.82, 2.24) is 0 Å². The van der Waals surface area contributed by atoms with E-state index in [-0.39, 0.29) is 28.6 Å². The summed E-state index contributed by atoms with van der Waals surface area (Å²) >= 11 is 1.11. The fourth-order valence-corrected chi connectivity index (χ4v) is 4.11. The number of hydrogen-bond donors (Lipinski definition) is 1. The van der Waals surface area contributed by atoms with Gasteiger partial charge >= 0.3 is 0 Å². The van der Waals surface area contributed by atoms with Gasteiger partial charge in [0, 0.05) is 5.70 Å². The minimum Gasteiger partial charge on any atom is -0.401 e.